The number of benzene rings is 3. The lowest BCUT2D eigenvalue weighted by molar-refractivity contribution is -0.114. The monoisotopic (exact) mass is 556 g/mol. The molecular weight excluding hydrogens is 539 g/mol. The number of sulfonamides is 1. The Hall–Kier alpha value is -2.26. The minimum Gasteiger partial charge on any atom is -0.496 e. The molecule has 3 aromatic carbocycles. The second-order valence-electron chi connectivity index (χ2n) is 6.79. The molecule has 10 heteroatoms. The summed E-state index contributed by atoms with van der Waals surface area (Å²) in [6.45, 7) is 1.39. The minimum absolute atomic E-state index is 0.00525. The van der Waals surface area contributed by atoms with E-state index in [-0.39, 0.29) is 20.6 Å². The van der Waals surface area contributed by atoms with Gasteiger partial charge in [0.15, 0.2) is 0 Å². The minimum atomic E-state index is -4.10. The van der Waals surface area contributed by atoms with Crippen molar-refractivity contribution < 1.29 is 17.9 Å². The molecule has 0 bridgehead atoms. The lowest BCUT2D eigenvalue weighted by Crippen LogP contribution is -2.38. The zero-order chi connectivity index (χ0) is 23.5. The van der Waals surface area contributed by atoms with Crippen molar-refractivity contribution in [3.8, 4) is 5.75 Å². The predicted octanol–water partition coefficient (Wildman–Crippen LogP) is 5.91. The van der Waals surface area contributed by atoms with Gasteiger partial charge in [0.25, 0.3) is 10.0 Å². The first-order valence-corrected chi connectivity index (χ1v) is 12.3. The molecule has 0 saturated carbocycles. The molecule has 0 aliphatic carbocycles. The van der Waals surface area contributed by atoms with E-state index >= 15 is 0 Å². The van der Waals surface area contributed by atoms with Gasteiger partial charge in [-0.2, -0.15) is 0 Å². The van der Waals surface area contributed by atoms with Gasteiger partial charge in [-0.25, -0.2) is 8.42 Å². The first kappa shape index (κ1) is 24.4. The van der Waals surface area contributed by atoms with Crippen molar-refractivity contribution in [2.45, 2.75) is 11.8 Å². The van der Waals surface area contributed by atoms with Crippen molar-refractivity contribution in [3.05, 3.63) is 80.7 Å². The van der Waals surface area contributed by atoms with Crippen LogP contribution in [0.5, 0.6) is 5.75 Å². The molecule has 0 radical (unpaired) electrons. The Labute approximate surface area is 205 Å². The normalized spacial score (nSPS) is 11.2. The highest BCUT2D eigenvalue weighted by atomic mass is 79.9. The molecule has 3 rings (SSSR count). The van der Waals surface area contributed by atoms with Gasteiger partial charge < -0.3 is 10.1 Å². The zero-order valence-electron chi connectivity index (χ0n) is 17.1. The van der Waals surface area contributed by atoms with Crippen LogP contribution in [0.1, 0.15) is 5.56 Å². The molecule has 0 heterocycles. The van der Waals surface area contributed by atoms with Crippen LogP contribution in [-0.4, -0.2) is 28.0 Å². The number of halogens is 3. The highest BCUT2D eigenvalue weighted by Crippen LogP contribution is 2.32. The van der Waals surface area contributed by atoms with E-state index in [1.54, 1.807) is 42.5 Å². The molecule has 3 aromatic rings. The summed E-state index contributed by atoms with van der Waals surface area (Å²) in [5.74, 6) is -0.117. The topological polar surface area (TPSA) is 75.7 Å². The van der Waals surface area contributed by atoms with Crippen LogP contribution in [0.4, 0.5) is 11.4 Å². The zero-order valence-corrected chi connectivity index (χ0v) is 21.0. The third kappa shape index (κ3) is 5.38. The highest BCUT2D eigenvalue weighted by Gasteiger charge is 2.28. The van der Waals surface area contributed by atoms with Crippen LogP contribution >= 0.6 is 39.1 Å². The number of amides is 1. The summed E-state index contributed by atoms with van der Waals surface area (Å²) >= 11 is 15.6. The lowest BCUT2D eigenvalue weighted by Gasteiger charge is -2.24. The number of nitrogens with zero attached hydrogens (tertiary/aromatic N) is 1. The van der Waals surface area contributed by atoms with E-state index in [4.69, 9.17) is 27.9 Å². The first-order chi connectivity index (χ1) is 15.1. The molecular formula is C22H19BrCl2N2O4S. The van der Waals surface area contributed by atoms with Crippen molar-refractivity contribution in [2.24, 2.45) is 0 Å². The molecule has 0 aliphatic rings. The summed E-state index contributed by atoms with van der Waals surface area (Å²) in [5, 5.41) is 3.10. The fraction of sp³-hybridized carbons (Fsp3) is 0.136. The highest BCUT2D eigenvalue weighted by molar-refractivity contribution is 9.10. The SMILES string of the molecule is COc1ccc(S(=O)(=O)N(CC(=O)Nc2c(Cl)cccc2Cl)c2ccc(C)cc2)cc1Br. The molecule has 0 unspecified atom stereocenters. The van der Waals surface area contributed by atoms with Gasteiger partial charge in [0.1, 0.15) is 12.3 Å². The Bertz CT molecular complexity index is 1230. The van der Waals surface area contributed by atoms with E-state index in [2.05, 4.69) is 21.2 Å². The molecule has 168 valence electrons. The molecule has 0 atom stereocenters. The van der Waals surface area contributed by atoms with Crippen molar-refractivity contribution in [1.82, 2.24) is 0 Å². The van der Waals surface area contributed by atoms with Crippen LogP contribution in [-0.2, 0) is 14.8 Å². The number of methoxy groups -OCH3 is 1. The van der Waals surface area contributed by atoms with E-state index in [0.29, 0.717) is 15.9 Å². The van der Waals surface area contributed by atoms with E-state index in [0.717, 1.165) is 9.87 Å². The van der Waals surface area contributed by atoms with Gasteiger partial charge in [-0.05, 0) is 65.3 Å². The first-order valence-electron chi connectivity index (χ1n) is 9.30. The fourth-order valence-electron chi connectivity index (χ4n) is 2.89. The van der Waals surface area contributed by atoms with Gasteiger partial charge >= 0.3 is 0 Å². The van der Waals surface area contributed by atoms with E-state index < -0.39 is 22.5 Å². The van der Waals surface area contributed by atoms with Crippen molar-refractivity contribution >= 4 is 66.4 Å². The third-order valence-corrected chi connectivity index (χ3v) is 7.57. The number of hydrogen-bond donors (Lipinski definition) is 1. The summed E-state index contributed by atoms with van der Waals surface area (Å²) in [5.41, 5.74) is 1.50. The van der Waals surface area contributed by atoms with Crippen LogP contribution < -0.4 is 14.4 Å². The quantitative estimate of drug-likeness (QED) is 0.392. The number of carbonyl (C=O) groups is 1. The maximum Gasteiger partial charge on any atom is 0.264 e. The number of rotatable bonds is 7. The second-order valence-corrected chi connectivity index (χ2v) is 10.3. The van der Waals surface area contributed by atoms with Crippen LogP contribution in [0.3, 0.4) is 0 Å². The lowest BCUT2D eigenvalue weighted by atomic mass is 10.2. The van der Waals surface area contributed by atoms with Gasteiger partial charge in [0.05, 0.1) is 37.9 Å². The molecule has 0 aromatic heterocycles. The van der Waals surface area contributed by atoms with Crippen LogP contribution in [0, 0.1) is 6.92 Å². The number of para-hydroxylation sites is 1. The molecule has 0 aliphatic heterocycles. The van der Waals surface area contributed by atoms with Crippen LogP contribution in [0.2, 0.25) is 10.0 Å². The number of ether oxygens (including phenoxy) is 1. The number of hydrogen-bond acceptors (Lipinski definition) is 4. The van der Waals surface area contributed by atoms with Crippen LogP contribution in [0.25, 0.3) is 0 Å². The second kappa shape index (κ2) is 10.1. The van der Waals surface area contributed by atoms with Gasteiger partial charge in [-0.3, -0.25) is 9.10 Å². The number of aryl methyl sites for hydroxylation is 1. The summed E-state index contributed by atoms with van der Waals surface area (Å²) in [7, 11) is -2.62. The Kier molecular flexibility index (Phi) is 7.71. The average Bonchev–Trinajstić information content (AvgIpc) is 2.75. The molecule has 1 amide bonds. The molecule has 0 spiro atoms. The third-order valence-electron chi connectivity index (χ3n) is 4.55. The van der Waals surface area contributed by atoms with Crippen molar-refractivity contribution in [1.29, 1.82) is 0 Å². The molecule has 32 heavy (non-hydrogen) atoms. The molecule has 0 fully saturated rings. The van der Waals surface area contributed by atoms with Gasteiger partial charge in [-0.15, -0.1) is 0 Å². The number of carbonyl (C=O) groups excluding carboxylic acids is 1. The van der Waals surface area contributed by atoms with E-state index in [1.165, 1.54) is 25.3 Å². The smallest absolute Gasteiger partial charge is 0.264 e. The summed E-state index contributed by atoms with van der Waals surface area (Å²) < 4.78 is 33.7. The Morgan fingerprint density at radius 1 is 1.06 bits per heavy atom. The standard InChI is InChI=1S/C22H19BrCl2N2O4S/c1-14-6-8-15(9-7-14)27(13-21(28)26-22-18(24)4-3-5-19(22)25)32(29,30)16-10-11-20(31-2)17(23)12-16/h3-12H,13H2,1-2H3,(H,26,28). The maximum absolute atomic E-state index is 13.5. The van der Waals surface area contributed by atoms with Crippen LogP contribution in [0.15, 0.2) is 70.0 Å². The van der Waals surface area contributed by atoms with E-state index in [9.17, 15) is 13.2 Å². The molecule has 0 saturated heterocycles. The average molecular weight is 558 g/mol. The summed E-state index contributed by atoms with van der Waals surface area (Å²) in [6, 6.07) is 16.0. The summed E-state index contributed by atoms with van der Waals surface area (Å²) in [4.78, 5) is 12.8. The van der Waals surface area contributed by atoms with Gasteiger partial charge in [0, 0.05) is 0 Å². The van der Waals surface area contributed by atoms with Crippen molar-refractivity contribution in [2.75, 3.05) is 23.3 Å². The summed E-state index contributed by atoms with van der Waals surface area (Å²) in [6.07, 6.45) is 0. The Morgan fingerprint density at radius 3 is 2.25 bits per heavy atom. The number of anilines is 2. The van der Waals surface area contributed by atoms with Crippen molar-refractivity contribution in [3.63, 3.8) is 0 Å². The van der Waals surface area contributed by atoms with E-state index in [1.807, 2.05) is 6.92 Å². The number of nitrogens with one attached hydrogen (secondary N) is 1. The maximum atomic E-state index is 13.5. The Morgan fingerprint density at radius 2 is 1.69 bits per heavy atom. The fourth-order valence-corrected chi connectivity index (χ4v) is 5.52. The molecule has 1 N–H and O–H groups in total. The Balaban J connectivity index is 1.99. The largest absolute Gasteiger partial charge is 0.496 e. The van der Waals surface area contributed by atoms with Gasteiger partial charge in [-0.1, -0.05) is 47.0 Å². The predicted molar refractivity (Wildman–Crippen MR) is 131 cm³/mol. The molecule has 6 nitrogen and oxygen atoms in total. The van der Waals surface area contributed by atoms with Gasteiger partial charge in [0.2, 0.25) is 5.91 Å².